The van der Waals surface area contributed by atoms with Crippen LogP contribution in [-0.2, 0) is 9.53 Å². The van der Waals surface area contributed by atoms with Crippen molar-refractivity contribution in [3.8, 4) is 0 Å². The highest BCUT2D eigenvalue weighted by Crippen LogP contribution is 2.04. The summed E-state index contributed by atoms with van der Waals surface area (Å²) in [5, 5.41) is 10.3. The molecule has 18 heavy (non-hydrogen) atoms. The lowest BCUT2D eigenvalue weighted by Crippen LogP contribution is -2.29. The Bertz CT molecular complexity index is 410. The predicted molar refractivity (Wildman–Crippen MR) is 67.0 cm³/mol. The van der Waals surface area contributed by atoms with Crippen LogP contribution >= 0.6 is 0 Å². The van der Waals surface area contributed by atoms with E-state index in [4.69, 9.17) is 10.5 Å². The van der Waals surface area contributed by atoms with E-state index in [0.717, 1.165) is 11.4 Å². The molecule has 3 N–H and O–H groups in total. The molecule has 100 valence electrons. The van der Waals surface area contributed by atoms with E-state index in [1.807, 2.05) is 13.8 Å². The first-order valence-corrected chi connectivity index (χ1v) is 5.86. The molecule has 0 radical (unpaired) electrons. The van der Waals surface area contributed by atoms with E-state index in [9.17, 15) is 4.79 Å². The molecular weight excluding hydrogens is 234 g/mol. The van der Waals surface area contributed by atoms with Crippen LogP contribution in [0.1, 0.15) is 24.7 Å². The molecule has 1 rings (SSSR count). The van der Waals surface area contributed by atoms with Crippen LogP contribution in [0.25, 0.3) is 0 Å². The maximum atomic E-state index is 11.7. The highest BCUT2D eigenvalue weighted by Gasteiger charge is 2.13. The van der Waals surface area contributed by atoms with Gasteiger partial charge in [0.15, 0.2) is 0 Å². The summed E-state index contributed by atoms with van der Waals surface area (Å²) in [6.45, 7) is 6.30. The van der Waals surface area contributed by atoms with E-state index in [0.29, 0.717) is 13.2 Å². The topological polar surface area (TPSA) is 103 Å². The molecule has 1 heterocycles. The van der Waals surface area contributed by atoms with Gasteiger partial charge in [-0.05, 0) is 20.8 Å². The maximum absolute atomic E-state index is 11.7. The first-order valence-electron chi connectivity index (χ1n) is 5.86. The number of ether oxygens (including phenoxy) is 1. The van der Waals surface area contributed by atoms with Gasteiger partial charge < -0.3 is 10.5 Å². The quantitative estimate of drug-likeness (QED) is 0.749. The van der Waals surface area contributed by atoms with Gasteiger partial charge in [-0.15, -0.1) is 5.10 Å². The van der Waals surface area contributed by atoms with E-state index < -0.39 is 0 Å². The third-order valence-corrected chi connectivity index (χ3v) is 2.42. The summed E-state index contributed by atoms with van der Waals surface area (Å²) in [5.74, 6) is -0.0284. The average molecular weight is 253 g/mol. The number of nitrogens with zero attached hydrogens (tertiary/aromatic N) is 3. The molecule has 0 aromatic carbocycles. The SMILES string of the molecule is CCOC(CN)CC(=O)Nc1nnc(C)c(C)n1. The summed E-state index contributed by atoms with van der Waals surface area (Å²) in [7, 11) is 0. The number of amides is 1. The second kappa shape index (κ2) is 6.97. The second-order valence-electron chi connectivity index (χ2n) is 3.87. The fraction of sp³-hybridized carbons (Fsp3) is 0.636. The molecule has 7 heteroatoms. The van der Waals surface area contributed by atoms with E-state index in [1.165, 1.54) is 0 Å². The zero-order chi connectivity index (χ0) is 13.5. The minimum Gasteiger partial charge on any atom is -0.377 e. The molecule has 1 amide bonds. The van der Waals surface area contributed by atoms with Crippen LogP contribution in [0.5, 0.6) is 0 Å². The Balaban J connectivity index is 2.55. The van der Waals surface area contributed by atoms with Crippen LogP contribution in [0, 0.1) is 13.8 Å². The molecule has 0 saturated carbocycles. The lowest BCUT2D eigenvalue weighted by Gasteiger charge is -2.13. The summed E-state index contributed by atoms with van der Waals surface area (Å²) in [4.78, 5) is 15.8. The molecule has 1 atom stereocenters. The van der Waals surface area contributed by atoms with Gasteiger partial charge in [0.05, 0.1) is 23.9 Å². The van der Waals surface area contributed by atoms with E-state index in [-0.39, 0.29) is 24.4 Å². The van der Waals surface area contributed by atoms with Crippen molar-refractivity contribution in [1.82, 2.24) is 15.2 Å². The number of hydrogen-bond donors (Lipinski definition) is 2. The van der Waals surface area contributed by atoms with Gasteiger partial charge in [0.1, 0.15) is 0 Å². The number of hydrogen-bond acceptors (Lipinski definition) is 6. The lowest BCUT2D eigenvalue weighted by atomic mass is 10.2. The van der Waals surface area contributed by atoms with Gasteiger partial charge in [-0.1, -0.05) is 0 Å². The van der Waals surface area contributed by atoms with Gasteiger partial charge >= 0.3 is 0 Å². The highest BCUT2D eigenvalue weighted by molar-refractivity contribution is 5.89. The molecule has 1 aromatic rings. The highest BCUT2D eigenvalue weighted by atomic mass is 16.5. The monoisotopic (exact) mass is 253 g/mol. The normalized spacial score (nSPS) is 12.2. The first-order chi connectivity index (χ1) is 8.56. The zero-order valence-electron chi connectivity index (χ0n) is 10.9. The minimum atomic E-state index is -0.283. The minimum absolute atomic E-state index is 0.181. The molecule has 0 saturated heterocycles. The standard InChI is InChI=1S/C11H19N5O2/c1-4-18-9(6-12)5-10(17)14-11-13-7(2)8(3)15-16-11/h9H,4-6,12H2,1-3H3,(H,13,14,16,17). The molecule has 0 bridgehead atoms. The molecule has 0 aliphatic carbocycles. The zero-order valence-corrected chi connectivity index (χ0v) is 10.9. The molecule has 1 aromatic heterocycles. The second-order valence-corrected chi connectivity index (χ2v) is 3.87. The fourth-order valence-corrected chi connectivity index (χ4v) is 1.34. The molecule has 1 unspecified atom stereocenters. The Morgan fingerprint density at radius 2 is 2.11 bits per heavy atom. The summed E-state index contributed by atoms with van der Waals surface area (Å²) >= 11 is 0. The van der Waals surface area contributed by atoms with Crippen molar-refractivity contribution in [3.63, 3.8) is 0 Å². The van der Waals surface area contributed by atoms with Gasteiger partial charge in [-0.3, -0.25) is 10.1 Å². The van der Waals surface area contributed by atoms with Crippen LogP contribution < -0.4 is 11.1 Å². The first kappa shape index (κ1) is 14.5. The third-order valence-electron chi connectivity index (χ3n) is 2.42. The van der Waals surface area contributed by atoms with Crippen molar-refractivity contribution in [3.05, 3.63) is 11.4 Å². The Labute approximate surface area is 106 Å². The van der Waals surface area contributed by atoms with Crippen LogP contribution in [0.15, 0.2) is 0 Å². The lowest BCUT2D eigenvalue weighted by molar-refractivity contribution is -0.118. The number of carbonyl (C=O) groups excluding carboxylic acids is 1. The summed E-state index contributed by atoms with van der Waals surface area (Å²) in [6.07, 6.45) is -0.102. The number of carbonyl (C=O) groups is 1. The van der Waals surface area contributed by atoms with E-state index in [2.05, 4.69) is 20.5 Å². The average Bonchev–Trinajstić information content (AvgIpc) is 2.33. The van der Waals surface area contributed by atoms with Gasteiger partial charge in [0.2, 0.25) is 11.9 Å². The molecule has 7 nitrogen and oxygen atoms in total. The Morgan fingerprint density at radius 1 is 1.39 bits per heavy atom. The molecule has 0 fully saturated rings. The Kier molecular flexibility index (Phi) is 5.60. The number of nitrogens with two attached hydrogens (primary N) is 1. The van der Waals surface area contributed by atoms with Gasteiger partial charge in [-0.25, -0.2) is 4.98 Å². The molecular formula is C11H19N5O2. The third kappa shape index (κ3) is 4.34. The predicted octanol–water partition coefficient (Wildman–Crippen LogP) is 0.181. The van der Waals surface area contributed by atoms with Crippen molar-refractivity contribution in [1.29, 1.82) is 0 Å². The van der Waals surface area contributed by atoms with Crippen molar-refractivity contribution in [2.24, 2.45) is 5.73 Å². The molecule has 0 spiro atoms. The summed E-state index contributed by atoms with van der Waals surface area (Å²) in [5.41, 5.74) is 6.97. The Hall–Kier alpha value is -1.60. The Morgan fingerprint density at radius 3 is 2.67 bits per heavy atom. The summed E-state index contributed by atoms with van der Waals surface area (Å²) < 4.78 is 5.30. The van der Waals surface area contributed by atoms with Gasteiger partial charge in [0.25, 0.3) is 0 Å². The molecule has 0 aliphatic rings. The van der Waals surface area contributed by atoms with Crippen molar-refractivity contribution < 1.29 is 9.53 Å². The van der Waals surface area contributed by atoms with Gasteiger partial charge in [0, 0.05) is 13.2 Å². The van der Waals surface area contributed by atoms with Crippen molar-refractivity contribution in [2.45, 2.75) is 33.3 Å². The number of aryl methyl sites for hydroxylation is 2. The number of anilines is 1. The number of nitrogens with one attached hydrogen (secondary N) is 1. The number of rotatable bonds is 6. The van der Waals surface area contributed by atoms with Crippen molar-refractivity contribution >= 4 is 11.9 Å². The van der Waals surface area contributed by atoms with Gasteiger partial charge in [-0.2, -0.15) is 5.10 Å². The van der Waals surface area contributed by atoms with E-state index in [1.54, 1.807) is 6.92 Å². The van der Waals surface area contributed by atoms with Crippen LogP contribution in [-0.4, -0.2) is 40.3 Å². The van der Waals surface area contributed by atoms with E-state index >= 15 is 0 Å². The largest absolute Gasteiger partial charge is 0.377 e. The maximum Gasteiger partial charge on any atom is 0.249 e. The van der Waals surface area contributed by atoms with Crippen LogP contribution in [0.3, 0.4) is 0 Å². The summed E-state index contributed by atoms with van der Waals surface area (Å²) in [6, 6.07) is 0. The molecule has 0 aliphatic heterocycles. The fourth-order valence-electron chi connectivity index (χ4n) is 1.34. The van der Waals surface area contributed by atoms with Crippen LogP contribution in [0.4, 0.5) is 5.95 Å². The van der Waals surface area contributed by atoms with Crippen molar-refractivity contribution in [2.75, 3.05) is 18.5 Å². The smallest absolute Gasteiger partial charge is 0.249 e. The number of aromatic nitrogens is 3. The van der Waals surface area contributed by atoms with Crippen LogP contribution in [0.2, 0.25) is 0 Å².